The van der Waals surface area contributed by atoms with E-state index in [9.17, 15) is 14.4 Å². The maximum absolute atomic E-state index is 12.2. The summed E-state index contributed by atoms with van der Waals surface area (Å²) in [5, 5.41) is 7.65. The summed E-state index contributed by atoms with van der Waals surface area (Å²) in [4.78, 5) is 40.5. The Bertz CT molecular complexity index is 1150. The van der Waals surface area contributed by atoms with E-state index in [-0.39, 0.29) is 42.6 Å². The van der Waals surface area contributed by atoms with Crippen LogP contribution in [0.3, 0.4) is 0 Å². The molecule has 0 aliphatic carbocycles. The molecule has 9 heteroatoms. The smallest absolute Gasteiger partial charge is 0.266 e. The molecule has 0 saturated carbocycles. The molecule has 0 fully saturated rings. The predicted molar refractivity (Wildman–Crippen MR) is 115 cm³/mol. The number of carbonyl (C=O) groups is 1. The van der Waals surface area contributed by atoms with Crippen LogP contribution in [-0.2, 0) is 17.9 Å². The molecule has 3 aromatic rings. The Hall–Kier alpha value is -3.26. The summed E-state index contributed by atoms with van der Waals surface area (Å²) in [5.41, 5.74) is 1.58. The topological polar surface area (TPSA) is 98.9 Å². The van der Waals surface area contributed by atoms with Crippen molar-refractivity contribution < 1.29 is 4.79 Å². The van der Waals surface area contributed by atoms with E-state index in [1.807, 2.05) is 26.0 Å². The first-order valence-corrected chi connectivity index (χ1v) is 9.88. The number of halogens is 1. The van der Waals surface area contributed by atoms with E-state index in [0.29, 0.717) is 16.4 Å². The summed E-state index contributed by atoms with van der Waals surface area (Å²) >= 11 is 5.90. The summed E-state index contributed by atoms with van der Waals surface area (Å²) in [5.74, 6) is -0.214. The summed E-state index contributed by atoms with van der Waals surface area (Å²) in [6.45, 7) is 4.14. The van der Waals surface area contributed by atoms with E-state index in [1.54, 1.807) is 18.2 Å². The maximum Gasteiger partial charge on any atom is 0.266 e. The minimum atomic E-state index is -0.349. The van der Waals surface area contributed by atoms with Gasteiger partial charge in [-0.3, -0.25) is 19.0 Å². The normalized spacial score (nSPS) is 10.9. The average Bonchev–Trinajstić information content (AvgIpc) is 2.71. The molecule has 0 atom stereocenters. The van der Waals surface area contributed by atoms with Crippen LogP contribution in [0, 0.1) is 0 Å². The van der Waals surface area contributed by atoms with Gasteiger partial charge in [-0.05, 0) is 24.1 Å². The molecule has 0 saturated heterocycles. The van der Waals surface area contributed by atoms with Crippen LogP contribution in [-0.4, -0.2) is 31.8 Å². The molecule has 0 bridgehead atoms. The van der Waals surface area contributed by atoms with E-state index in [4.69, 9.17) is 11.6 Å². The minimum absolute atomic E-state index is 0.135. The number of rotatable bonds is 7. The summed E-state index contributed by atoms with van der Waals surface area (Å²) in [6, 6.07) is 11.6. The average molecular weight is 428 g/mol. The van der Waals surface area contributed by atoms with E-state index < -0.39 is 0 Å². The van der Waals surface area contributed by atoms with Crippen LogP contribution in [0.1, 0.15) is 25.5 Å². The second-order valence-corrected chi connectivity index (χ2v) is 7.51. The van der Waals surface area contributed by atoms with Crippen LogP contribution >= 0.6 is 11.6 Å². The Morgan fingerprint density at radius 1 is 1.10 bits per heavy atom. The Labute approximate surface area is 178 Å². The van der Waals surface area contributed by atoms with Gasteiger partial charge in [0, 0.05) is 29.3 Å². The molecule has 1 N–H and O–H groups in total. The number of benzene rings is 1. The number of carbonyl (C=O) groups excluding carboxylic acids is 1. The van der Waals surface area contributed by atoms with Gasteiger partial charge in [0.05, 0.1) is 24.3 Å². The molecule has 0 spiro atoms. The molecule has 0 aliphatic heterocycles. The molecule has 3 rings (SSSR count). The van der Waals surface area contributed by atoms with Gasteiger partial charge in [-0.15, -0.1) is 0 Å². The Morgan fingerprint density at radius 3 is 2.50 bits per heavy atom. The van der Waals surface area contributed by atoms with Crippen molar-refractivity contribution in [3.8, 4) is 11.3 Å². The van der Waals surface area contributed by atoms with Crippen LogP contribution in [0.2, 0.25) is 5.02 Å². The van der Waals surface area contributed by atoms with Crippen molar-refractivity contribution in [2.45, 2.75) is 32.9 Å². The van der Waals surface area contributed by atoms with Crippen molar-refractivity contribution in [3.63, 3.8) is 0 Å². The molecule has 1 aromatic carbocycles. The van der Waals surface area contributed by atoms with E-state index in [0.717, 1.165) is 5.56 Å². The van der Waals surface area contributed by atoms with Crippen molar-refractivity contribution in [1.29, 1.82) is 0 Å². The van der Waals surface area contributed by atoms with Crippen molar-refractivity contribution in [3.05, 3.63) is 80.2 Å². The lowest BCUT2D eigenvalue weighted by molar-refractivity contribution is -0.121. The van der Waals surface area contributed by atoms with Gasteiger partial charge in [0.1, 0.15) is 6.54 Å². The third kappa shape index (κ3) is 5.42. The Kier molecular flexibility index (Phi) is 6.79. The molecule has 0 unspecified atom stereocenters. The molecule has 30 heavy (non-hydrogen) atoms. The van der Waals surface area contributed by atoms with Crippen LogP contribution in [0.25, 0.3) is 11.3 Å². The lowest BCUT2D eigenvalue weighted by atomic mass is 10.1. The highest BCUT2D eigenvalue weighted by molar-refractivity contribution is 6.30. The molecule has 0 radical (unpaired) electrons. The minimum Gasteiger partial charge on any atom is -0.353 e. The second-order valence-electron chi connectivity index (χ2n) is 7.07. The SMILES string of the molecule is CC(C)c1cc(=O)n(CC(=O)NCCn2nc(-c3ccc(Cl)cc3)ccc2=O)cn1. The number of nitrogens with one attached hydrogen (secondary N) is 1. The van der Waals surface area contributed by atoms with E-state index in [1.165, 1.54) is 27.7 Å². The number of aromatic nitrogens is 4. The summed E-state index contributed by atoms with van der Waals surface area (Å²) < 4.78 is 2.53. The van der Waals surface area contributed by atoms with E-state index >= 15 is 0 Å². The zero-order chi connectivity index (χ0) is 21.7. The third-order valence-corrected chi connectivity index (χ3v) is 4.71. The lowest BCUT2D eigenvalue weighted by Crippen LogP contribution is -2.36. The predicted octanol–water partition coefficient (Wildman–Crippen LogP) is 2.06. The van der Waals surface area contributed by atoms with Crippen LogP contribution in [0.15, 0.2) is 58.4 Å². The molecule has 8 nitrogen and oxygen atoms in total. The van der Waals surface area contributed by atoms with Crippen molar-refractivity contribution in [2.75, 3.05) is 6.54 Å². The fourth-order valence-corrected chi connectivity index (χ4v) is 2.90. The first-order chi connectivity index (χ1) is 14.3. The highest BCUT2D eigenvalue weighted by Gasteiger charge is 2.08. The first kappa shape index (κ1) is 21.4. The highest BCUT2D eigenvalue weighted by Crippen LogP contribution is 2.18. The van der Waals surface area contributed by atoms with Gasteiger partial charge in [0.2, 0.25) is 5.91 Å². The van der Waals surface area contributed by atoms with Gasteiger partial charge in [-0.2, -0.15) is 5.10 Å². The monoisotopic (exact) mass is 427 g/mol. The van der Waals surface area contributed by atoms with E-state index in [2.05, 4.69) is 15.4 Å². The van der Waals surface area contributed by atoms with Gasteiger partial charge in [-0.25, -0.2) is 9.67 Å². The zero-order valence-corrected chi connectivity index (χ0v) is 17.5. The summed E-state index contributed by atoms with van der Waals surface area (Å²) in [6.07, 6.45) is 1.37. The van der Waals surface area contributed by atoms with Gasteiger partial charge < -0.3 is 5.32 Å². The number of hydrogen-bond donors (Lipinski definition) is 1. The fourth-order valence-electron chi connectivity index (χ4n) is 2.77. The quantitative estimate of drug-likeness (QED) is 0.622. The van der Waals surface area contributed by atoms with Gasteiger partial charge in [0.15, 0.2) is 0 Å². The molecule has 0 aliphatic rings. The first-order valence-electron chi connectivity index (χ1n) is 9.50. The molecular formula is C21H22ClN5O3. The second kappa shape index (κ2) is 9.49. The third-order valence-electron chi connectivity index (χ3n) is 4.46. The van der Waals surface area contributed by atoms with Gasteiger partial charge in [0.25, 0.3) is 11.1 Å². The summed E-state index contributed by atoms with van der Waals surface area (Å²) in [7, 11) is 0. The van der Waals surface area contributed by atoms with Crippen LogP contribution < -0.4 is 16.4 Å². The maximum atomic E-state index is 12.2. The Morgan fingerprint density at radius 2 is 1.83 bits per heavy atom. The molecule has 156 valence electrons. The number of amides is 1. The zero-order valence-electron chi connectivity index (χ0n) is 16.7. The van der Waals surface area contributed by atoms with Crippen LogP contribution in [0.4, 0.5) is 0 Å². The molecule has 1 amide bonds. The van der Waals surface area contributed by atoms with Crippen LogP contribution in [0.5, 0.6) is 0 Å². The lowest BCUT2D eigenvalue weighted by Gasteiger charge is -2.10. The standard InChI is InChI=1S/C21H22ClN5O3/c1-14(2)18-11-21(30)26(13-24-18)12-19(28)23-9-10-27-20(29)8-7-17(25-27)15-3-5-16(22)6-4-15/h3-8,11,13-14H,9-10,12H2,1-2H3,(H,23,28). The van der Waals surface area contributed by atoms with Crippen molar-refractivity contribution in [2.24, 2.45) is 0 Å². The van der Waals surface area contributed by atoms with Crippen molar-refractivity contribution >= 4 is 17.5 Å². The molecular weight excluding hydrogens is 406 g/mol. The van der Waals surface area contributed by atoms with Gasteiger partial charge >= 0.3 is 0 Å². The fraction of sp³-hybridized carbons (Fsp3) is 0.286. The number of nitrogens with zero attached hydrogens (tertiary/aromatic N) is 4. The number of hydrogen-bond acceptors (Lipinski definition) is 5. The molecule has 2 heterocycles. The largest absolute Gasteiger partial charge is 0.353 e. The Balaban J connectivity index is 1.60. The highest BCUT2D eigenvalue weighted by atomic mass is 35.5. The van der Waals surface area contributed by atoms with Gasteiger partial charge in [-0.1, -0.05) is 37.6 Å². The molecule has 2 aromatic heterocycles. The van der Waals surface area contributed by atoms with Crippen molar-refractivity contribution in [1.82, 2.24) is 24.6 Å².